The average Bonchev–Trinajstić information content (AvgIpc) is 3.09. The van der Waals surface area contributed by atoms with Gasteiger partial charge in [-0.25, -0.2) is 0 Å². The molecule has 2 aliphatic rings. The fourth-order valence-electron chi connectivity index (χ4n) is 2.88. The summed E-state index contributed by atoms with van der Waals surface area (Å²) >= 11 is 0. The minimum atomic E-state index is 0.189. The Hall–Kier alpha value is -0.890. The van der Waals surface area contributed by atoms with Gasteiger partial charge in [-0.1, -0.05) is 0 Å². The summed E-state index contributed by atoms with van der Waals surface area (Å²) in [7, 11) is 2.12. The molecule has 2 N–H and O–H groups in total. The Balaban J connectivity index is 1.56. The Morgan fingerprint density at radius 3 is 2.88 bits per heavy atom. The van der Waals surface area contributed by atoms with Gasteiger partial charge in [0.1, 0.15) is 0 Å². The normalized spacial score (nSPS) is 25.8. The summed E-state index contributed by atoms with van der Waals surface area (Å²) in [5.41, 5.74) is 0. The quantitative estimate of drug-likeness (QED) is 0.360. The largest absolute Gasteiger partial charge is 0.379 e. The molecule has 0 aliphatic carbocycles. The van der Waals surface area contributed by atoms with Crippen LogP contribution in [0.25, 0.3) is 0 Å². The van der Waals surface area contributed by atoms with E-state index >= 15 is 0 Å². The van der Waals surface area contributed by atoms with Crippen LogP contribution in [-0.4, -0.2) is 89.3 Å². The molecule has 0 aromatic heterocycles. The Labute approximate surface area is 146 Å². The minimum absolute atomic E-state index is 0.189. The van der Waals surface area contributed by atoms with Gasteiger partial charge in [0.2, 0.25) is 0 Å². The Bertz CT molecular complexity index is 362. The van der Waals surface area contributed by atoms with E-state index in [1.54, 1.807) is 0 Å². The molecule has 0 aromatic rings. The average molecular weight is 342 g/mol. The molecule has 7 nitrogen and oxygen atoms in total. The number of nitrogens with one attached hydrogen (secondary N) is 2. The first kappa shape index (κ1) is 19.4. The molecule has 0 saturated carbocycles. The standard InChI is InChI=1S/C17H34N4O3/c1-3-18-17(20-12-16-13-21(2)8-11-24-16)19-7-5-9-22-14-15-6-4-10-23-15/h15-16H,3-14H2,1-2H3,(H2,18,19,20). The van der Waals surface area contributed by atoms with Crippen molar-refractivity contribution in [1.29, 1.82) is 0 Å². The molecule has 0 spiro atoms. The maximum Gasteiger partial charge on any atom is 0.191 e. The molecule has 0 bridgehead atoms. The Morgan fingerprint density at radius 2 is 2.12 bits per heavy atom. The lowest BCUT2D eigenvalue weighted by atomic mass is 10.2. The molecule has 2 atom stereocenters. The monoisotopic (exact) mass is 342 g/mol. The van der Waals surface area contributed by atoms with Crippen LogP contribution in [-0.2, 0) is 14.2 Å². The second-order valence-electron chi connectivity index (χ2n) is 6.46. The fraction of sp³-hybridized carbons (Fsp3) is 0.941. The summed E-state index contributed by atoms with van der Waals surface area (Å²) in [6, 6.07) is 0. The Morgan fingerprint density at radius 1 is 1.25 bits per heavy atom. The van der Waals surface area contributed by atoms with Crippen molar-refractivity contribution in [2.24, 2.45) is 4.99 Å². The fourth-order valence-corrected chi connectivity index (χ4v) is 2.88. The molecular formula is C17H34N4O3. The number of hydrogen-bond donors (Lipinski definition) is 2. The second-order valence-corrected chi connectivity index (χ2v) is 6.46. The van der Waals surface area contributed by atoms with Crippen molar-refractivity contribution in [3.63, 3.8) is 0 Å². The lowest BCUT2D eigenvalue weighted by Gasteiger charge is -2.29. The third kappa shape index (κ3) is 7.79. The van der Waals surface area contributed by atoms with E-state index < -0.39 is 0 Å². The van der Waals surface area contributed by atoms with Crippen LogP contribution in [0.4, 0.5) is 0 Å². The molecular weight excluding hydrogens is 308 g/mol. The van der Waals surface area contributed by atoms with E-state index in [-0.39, 0.29) is 6.10 Å². The highest BCUT2D eigenvalue weighted by Gasteiger charge is 2.17. The summed E-state index contributed by atoms with van der Waals surface area (Å²) < 4.78 is 17.0. The summed E-state index contributed by atoms with van der Waals surface area (Å²) in [4.78, 5) is 6.92. The third-order valence-electron chi connectivity index (χ3n) is 4.22. The zero-order valence-electron chi connectivity index (χ0n) is 15.3. The molecule has 7 heteroatoms. The highest BCUT2D eigenvalue weighted by atomic mass is 16.5. The highest BCUT2D eigenvalue weighted by molar-refractivity contribution is 5.79. The second kappa shape index (κ2) is 11.6. The highest BCUT2D eigenvalue weighted by Crippen LogP contribution is 2.11. The van der Waals surface area contributed by atoms with E-state index in [0.717, 1.165) is 71.4 Å². The van der Waals surface area contributed by atoms with Crippen molar-refractivity contribution in [3.8, 4) is 0 Å². The molecule has 2 aliphatic heterocycles. The van der Waals surface area contributed by atoms with Crippen LogP contribution in [0.2, 0.25) is 0 Å². The molecule has 0 amide bonds. The molecule has 2 fully saturated rings. The zero-order chi connectivity index (χ0) is 17.0. The van der Waals surface area contributed by atoms with Gasteiger partial charge >= 0.3 is 0 Å². The van der Waals surface area contributed by atoms with Crippen LogP contribution >= 0.6 is 0 Å². The predicted octanol–water partition coefficient (Wildman–Crippen LogP) is 0.458. The van der Waals surface area contributed by atoms with Crippen molar-refractivity contribution in [2.45, 2.75) is 38.4 Å². The lowest BCUT2D eigenvalue weighted by Crippen LogP contribution is -2.43. The first-order chi connectivity index (χ1) is 11.8. The zero-order valence-corrected chi connectivity index (χ0v) is 15.3. The minimum Gasteiger partial charge on any atom is -0.379 e. The first-order valence-electron chi connectivity index (χ1n) is 9.29. The maximum atomic E-state index is 5.75. The first-order valence-corrected chi connectivity index (χ1v) is 9.29. The number of hydrogen-bond acceptors (Lipinski definition) is 5. The summed E-state index contributed by atoms with van der Waals surface area (Å²) in [5, 5.41) is 6.64. The molecule has 2 heterocycles. The van der Waals surface area contributed by atoms with E-state index in [9.17, 15) is 0 Å². The molecule has 2 saturated heterocycles. The van der Waals surface area contributed by atoms with Crippen molar-refractivity contribution in [1.82, 2.24) is 15.5 Å². The molecule has 0 radical (unpaired) electrons. The molecule has 140 valence electrons. The molecule has 0 aromatic carbocycles. The number of morpholine rings is 1. The molecule has 2 unspecified atom stereocenters. The molecule has 24 heavy (non-hydrogen) atoms. The summed E-state index contributed by atoms with van der Waals surface area (Å²) in [5.74, 6) is 0.855. The number of likely N-dealkylation sites (N-methyl/N-ethyl adjacent to an activating group) is 1. The van der Waals surface area contributed by atoms with Gasteiger partial charge in [-0.3, -0.25) is 4.99 Å². The van der Waals surface area contributed by atoms with Gasteiger partial charge in [0.15, 0.2) is 5.96 Å². The van der Waals surface area contributed by atoms with Gasteiger partial charge in [-0.2, -0.15) is 0 Å². The number of aliphatic imine (C=N–C) groups is 1. The lowest BCUT2D eigenvalue weighted by molar-refractivity contribution is -0.0136. The van der Waals surface area contributed by atoms with Crippen LogP contribution in [0.3, 0.4) is 0 Å². The van der Waals surface area contributed by atoms with Gasteiger partial charge < -0.3 is 29.7 Å². The topological polar surface area (TPSA) is 67.4 Å². The number of ether oxygens (including phenoxy) is 3. The van der Waals surface area contributed by atoms with Crippen LogP contribution in [0.15, 0.2) is 4.99 Å². The smallest absolute Gasteiger partial charge is 0.191 e. The van der Waals surface area contributed by atoms with E-state index in [0.29, 0.717) is 12.6 Å². The van der Waals surface area contributed by atoms with E-state index in [1.165, 1.54) is 6.42 Å². The van der Waals surface area contributed by atoms with Crippen LogP contribution in [0.1, 0.15) is 26.2 Å². The number of nitrogens with zero attached hydrogens (tertiary/aromatic N) is 2. The van der Waals surface area contributed by atoms with Crippen molar-refractivity contribution >= 4 is 5.96 Å². The van der Waals surface area contributed by atoms with Gasteiger partial charge in [-0.15, -0.1) is 0 Å². The van der Waals surface area contributed by atoms with Gasteiger partial charge in [0, 0.05) is 39.4 Å². The van der Waals surface area contributed by atoms with E-state index in [2.05, 4.69) is 34.5 Å². The maximum absolute atomic E-state index is 5.75. The van der Waals surface area contributed by atoms with Crippen molar-refractivity contribution < 1.29 is 14.2 Å². The van der Waals surface area contributed by atoms with E-state index in [4.69, 9.17) is 14.2 Å². The number of guanidine groups is 1. The Kier molecular flexibility index (Phi) is 9.42. The predicted molar refractivity (Wildman–Crippen MR) is 95.6 cm³/mol. The number of rotatable bonds is 9. The van der Waals surface area contributed by atoms with Crippen LogP contribution in [0, 0.1) is 0 Å². The van der Waals surface area contributed by atoms with Crippen molar-refractivity contribution in [3.05, 3.63) is 0 Å². The van der Waals surface area contributed by atoms with Crippen LogP contribution < -0.4 is 10.6 Å². The van der Waals surface area contributed by atoms with Gasteiger partial charge in [-0.05, 0) is 33.2 Å². The third-order valence-corrected chi connectivity index (χ3v) is 4.22. The van der Waals surface area contributed by atoms with E-state index in [1.807, 2.05) is 0 Å². The summed E-state index contributed by atoms with van der Waals surface area (Å²) in [6.07, 6.45) is 3.76. The SMILES string of the molecule is CCNC(=NCC1CN(C)CCO1)NCCCOCC1CCCO1. The molecule has 2 rings (SSSR count). The van der Waals surface area contributed by atoms with Gasteiger partial charge in [0.25, 0.3) is 0 Å². The summed E-state index contributed by atoms with van der Waals surface area (Å²) in [6.45, 7) is 9.58. The van der Waals surface area contributed by atoms with Crippen molar-refractivity contribution in [2.75, 3.05) is 66.2 Å². The van der Waals surface area contributed by atoms with Gasteiger partial charge in [0.05, 0.1) is 32.0 Å². The van der Waals surface area contributed by atoms with Crippen LogP contribution in [0.5, 0.6) is 0 Å².